The van der Waals surface area contributed by atoms with Gasteiger partial charge in [-0.05, 0) is 17.7 Å². The molecule has 1 aliphatic rings. The van der Waals surface area contributed by atoms with Gasteiger partial charge in [-0.1, -0.05) is 28.1 Å². The second kappa shape index (κ2) is 6.24. The Labute approximate surface area is 119 Å². The van der Waals surface area contributed by atoms with E-state index in [1.807, 2.05) is 24.3 Å². The molecule has 0 unspecified atom stereocenters. The summed E-state index contributed by atoms with van der Waals surface area (Å²) in [6, 6.07) is 8.03. The van der Waals surface area contributed by atoms with Gasteiger partial charge in [0.1, 0.15) is 0 Å². The van der Waals surface area contributed by atoms with Gasteiger partial charge in [0.15, 0.2) is 0 Å². The van der Waals surface area contributed by atoms with E-state index < -0.39 is 12.7 Å². The minimum Gasteiger partial charge on any atom is -0.297 e. The predicted molar refractivity (Wildman–Crippen MR) is 71.9 cm³/mol. The van der Waals surface area contributed by atoms with Gasteiger partial charge in [-0.15, -0.1) is 0 Å². The summed E-state index contributed by atoms with van der Waals surface area (Å²) in [6.45, 7) is 2.34. The molecule has 0 bridgehead atoms. The van der Waals surface area contributed by atoms with Crippen LogP contribution < -0.4 is 0 Å². The van der Waals surface area contributed by atoms with Crippen LogP contribution >= 0.6 is 15.9 Å². The molecule has 0 radical (unpaired) electrons. The van der Waals surface area contributed by atoms with Crippen LogP contribution in [-0.2, 0) is 6.54 Å². The van der Waals surface area contributed by atoms with Crippen LogP contribution in [-0.4, -0.2) is 48.7 Å². The second-order valence-corrected chi connectivity index (χ2v) is 5.71. The summed E-state index contributed by atoms with van der Waals surface area (Å²) >= 11 is 3.38. The fourth-order valence-electron chi connectivity index (χ4n) is 2.21. The SMILES string of the molecule is FC(F)(F)CN1CCN(Cc2ccc(Br)cc2)CC1. The first kappa shape index (κ1) is 14.8. The number of alkyl halides is 3. The highest BCUT2D eigenvalue weighted by Crippen LogP contribution is 2.18. The smallest absolute Gasteiger partial charge is 0.297 e. The van der Waals surface area contributed by atoms with Crippen molar-refractivity contribution in [3.63, 3.8) is 0 Å². The molecule has 19 heavy (non-hydrogen) atoms. The van der Waals surface area contributed by atoms with E-state index in [1.54, 1.807) is 0 Å². The summed E-state index contributed by atoms with van der Waals surface area (Å²) < 4.78 is 37.8. The number of piperazine rings is 1. The van der Waals surface area contributed by atoms with Crippen LogP contribution in [0.3, 0.4) is 0 Å². The van der Waals surface area contributed by atoms with E-state index in [0.717, 1.165) is 11.0 Å². The third kappa shape index (κ3) is 5.12. The highest BCUT2D eigenvalue weighted by molar-refractivity contribution is 9.10. The molecule has 0 spiro atoms. The summed E-state index contributed by atoms with van der Waals surface area (Å²) in [5, 5.41) is 0. The molecule has 0 aliphatic carbocycles. The van der Waals surface area contributed by atoms with Crippen molar-refractivity contribution >= 4 is 15.9 Å². The van der Waals surface area contributed by atoms with E-state index in [-0.39, 0.29) is 0 Å². The molecular formula is C13H16BrF3N2. The number of benzene rings is 1. The molecule has 106 valence electrons. The molecule has 0 atom stereocenters. The van der Waals surface area contributed by atoms with Crippen molar-refractivity contribution in [2.24, 2.45) is 0 Å². The molecule has 1 heterocycles. The fraction of sp³-hybridized carbons (Fsp3) is 0.538. The van der Waals surface area contributed by atoms with Gasteiger partial charge < -0.3 is 0 Å². The van der Waals surface area contributed by atoms with Crippen molar-refractivity contribution in [1.82, 2.24) is 9.80 Å². The normalized spacial score (nSPS) is 18.7. The van der Waals surface area contributed by atoms with E-state index >= 15 is 0 Å². The van der Waals surface area contributed by atoms with Crippen LogP contribution in [0.15, 0.2) is 28.7 Å². The Bertz CT molecular complexity index is 397. The summed E-state index contributed by atoms with van der Waals surface area (Å²) in [6.07, 6.45) is -4.09. The number of hydrogen-bond donors (Lipinski definition) is 0. The van der Waals surface area contributed by atoms with Crippen LogP contribution in [0, 0.1) is 0 Å². The summed E-state index contributed by atoms with van der Waals surface area (Å²) in [4.78, 5) is 3.66. The van der Waals surface area contributed by atoms with Crippen molar-refractivity contribution in [2.45, 2.75) is 12.7 Å². The molecule has 1 aliphatic heterocycles. The average molecular weight is 337 g/mol. The van der Waals surface area contributed by atoms with Gasteiger partial charge >= 0.3 is 6.18 Å². The number of rotatable bonds is 3. The van der Waals surface area contributed by atoms with Gasteiger partial charge in [0.2, 0.25) is 0 Å². The predicted octanol–water partition coefficient (Wildman–Crippen LogP) is 3.13. The van der Waals surface area contributed by atoms with Crippen molar-refractivity contribution in [3.8, 4) is 0 Å². The maximum atomic E-state index is 12.3. The van der Waals surface area contributed by atoms with Crippen LogP contribution in [0.25, 0.3) is 0 Å². The van der Waals surface area contributed by atoms with E-state index in [1.165, 1.54) is 10.5 Å². The lowest BCUT2D eigenvalue weighted by molar-refractivity contribution is -0.149. The van der Waals surface area contributed by atoms with Gasteiger partial charge in [-0.25, -0.2) is 0 Å². The lowest BCUT2D eigenvalue weighted by atomic mass is 10.2. The van der Waals surface area contributed by atoms with Gasteiger partial charge in [0.05, 0.1) is 6.54 Å². The van der Waals surface area contributed by atoms with Gasteiger partial charge in [0, 0.05) is 37.2 Å². The third-order valence-corrected chi connectivity index (χ3v) is 3.72. The number of halogens is 4. The highest BCUT2D eigenvalue weighted by Gasteiger charge is 2.31. The Kier molecular flexibility index (Phi) is 4.86. The molecule has 1 aromatic rings. The topological polar surface area (TPSA) is 6.48 Å². The zero-order chi connectivity index (χ0) is 13.9. The summed E-state index contributed by atoms with van der Waals surface area (Å²) in [7, 11) is 0. The first-order valence-electron chi connectivity index (χ1n) is 6.18. The molecule has 6 heteroatoms. The minimum absolute atomic E-state index is 0.482. The maximum Gasteiger partial charge on any atom is 0.401 e. The highest BCUT2D eigenvalue weighted by atomic mass is 79.9. The molecule has 1 saturated heterocycles. The Morgan fingerprint density at radius 3 is 2.00 bits per heavy atom. The van der Waals surface area contributed by atoms with Crippen molar-refractivity contribution in [3.05, 3.63) is 34.3 Å². The molecule has 0 saturated carbocycles. The molecule has 1 aromatic carbocycles. The lowest BCUT2D eigenvalue weighted by Crippen LogP contribution is -2.48. The lowest BCUT2D eigenvalue weighted by Gasteiger charge is -2.35. The van der Waals surface area contributed by atoms with Crippen LogP contribution in [0.4, 0.5) is 13.2 Å². The second-order valence-electron chi connectivity index (χ2n) is 4.79. The van der Waals surface area contributed by atoms with E-state index in [9.17, 15) is 13.2 Å². The van der Waals surface area contributed by atoms with Gasteiger partial charge in [0.25, 0.3) is 0 Å². The Balaban J connectivity index is 1.79. The number of hydrogen-bond acceptors (Lipinski definition) is 2. The fourth-order valence-corrected chi connectivity index (χ4v) is 2.47. The molecule has 1 fully saturated rings. The van der Waals surface area contributed by atoms with Gasteiger partial charge in [-0.2, -0.15) is 13.2 Å². The maximum absolute atomic E-state index is 12.3. The van der Waals surface area contributed by atoms with E-state index in [4.69, 9.17) is 0 Å². The first-order chi connectivity index (χ1) is 8.92. The minimum atomic E-state index is -4.09. The zero-order valence-corrected chi connectivity index (χ0v) is 12.0. The Hall–Kier alpha value is -0.590. The van der Waals surface area contributed by atoms with Crippen LogP contribution in [0.5, 0.6) is 0 Å². The molecule has 2 rings (SSSR count). The third-order valence-electron chi connectivity index (χ3n) is 3.19. The van der Waals surface area contributed by atoms with Gasteiger partial charge in [-0.3, -0.25) is 9.80 Å². The van der Waals surface area contributed by atoms with Crippen molar-refractivity contribution in [2.75, 3.05) is 32.7 Å². The zero-order valence-electron chi connectivity index (χ0n) is 10.5. The summed E-state index contributed by atoms with van der Waals surface area (Å²) in [5.74, 6) is 0. The van der Waals surface area contributed by atoms with Crippen molar-refractivity contribution < 1.29 is 13.2 Å². The van der Waals surface area contributed by atoms with Crippen molar-refractivity contribution in [1.29, 1.82) is 0 Å². The largest absolute Gasteiger partial charge is 0.401 e. The molecule has 0 N–H and O–H groups in total. The monoisotopic (exact) mass is 336 g/mol. The van der Waals surface area contributed by atoms with Crippen LogP contribution in [0.2, 0.25) is 0 Å². The number of nitrogens with zero attached hydrogens (tertiary/aromatic N) is 2. The molecule has 0 amide bonds. The first-order valence-corrected chi connectivity index (χ1v) is 6.97. The van der Waals surface area contributed by atoms with Crippen LogP contribution in [0.1, 0.15) is 5.56 Å². The Morgan fingerprint density at radius 1 is 0.947 bits per heavy atom. The van der Waals surface area contributed by atoms with E-state index in [0.29, 0.717) is 26.2 Å². The molecular weight excluding hydrogens is 321 g/mol. The standard InChI is InChI=1S/C13H16BrF3N2/c14-12-3-1-11(2-4-12)9-18-5-7-19(8-6-18)10-13(15,16)17/h1-4H,5-10H2. The molecule has 2 nitrogen and oxygen atoms in total. The molecule has 0 aromatic heterocycles. The van der Waals surface area contributed by atoms with E-state index in [2.05, 4.69) is 20.8 Å². The Morgan fingerprint density at radius 2 is 1.47 bits per heavy atom. The summed E-state index contributed by atoms with van der Waals surface area (Å²) in [5.41, 5.74) is 1.19. The quantitative estimate of drug-likeness (QED) is 0.836. The average Bonchev–Trinajstić information content (AvgIpc) is 2.33.